The van der Waals surface area contributed by atoms with Crippen molar-refractivity contribution >= 4 is 16.8 Å². The highest BCUT2D eigenvalue weighted by Gasteiger charge is 2.04. The molecule has 16 heavy (non-hydrogen) atoms. The van der Waals surface area contributed by atoms with Gasteiger partial charge in [0.1, 0.15) is 0 Å². The van der Waals surface area contributed by atoms with E-state index in [1.165, 1.54) is 0 Å². The summed E-state index contributed by atoms with van der Waals surface area (Å²) in [5.41, 5.74) is 8.25. The Morgan fingerprint density at radius 1 is 1.38 bits per heavy atom. The van der Waals surface area contributed by atoms with Gasteiger partial charge < -0.3 is 5.73 Å². The number of rotatable bonds is 3. The number of carbonyl (C=O) groups excluding carboxylic acids is 1. The van der Waals surface area contributed by atoms with Gasteiger partial charge in [-0.05, 0) is 31.0 Å². The second kappa shape index (κ2) is 4.31. The minimum atomic E-state index is -0.265. The van der Waals surface area contributed by atoms with Gasteiger partial charge in [0.05, 0.1) is 5.52 Å². The molecule has 0 bridgehead atoms. The molecule has 1 aromatic heterocycles. The minimum Gasteiger partial charge on any atom is -0.370 e. The predicted molar refractivity (Wildman–Crippen MR) is 64.0 cm³/mol. The number of carbonyl (C=O) groups is 1. The van der Waals surface area contributed by atoms with Crippen LogP contribution in [0.4, 0.5) is 0 Å². The van der Waals surface area contributed by atoms with E-state index < -0.39 is 0 Å². The first kappa shape index (κ1) is 10.6. The monoisotopic (exact) mass is 214 g/mol. The van der Waals surface area contributed by atoms with Gasteiger partial charge in [0.2, 0.25) is 5.91 Å². The van der Waals surface area contributed by atoms with Crippen LogP contribution in [0, 0.1) is 6.92 Å². The largest absolute Gasteiger partial charge is 0.370 e. The fourth-order valence-corrected chi connectivity index (χ4v) is 1.86. The number of aryl methyl sites for hydroxylation is 2. The van der Waals surface area contributed by atoms with Crippen molar-refractivity contribution in [3.63, 3.8) is 0 Å². The molecule has 2 N–H and O–H groups in total. The molecule has 0 saturated heterocycles. The van der Waals surface area contributed by atoms with Gasteiger partial charge in [-0.3, -0.25) is 9.78 Å². The van der Waals surface area contributed by atoms with Gasteiger partial charge in [-0.25, -0.2) is 0 Å². The Kier molecular flexibility index (Phi) is 2.86. The second-order valence-corrected chi connectivity index (χ2v) is 3.91. The molecule has 0 aliphatic rings. The van der Waals surface area contributed by atoms with E-state index in [0.29, 0.717) is 12.8 Å². The molecule has 82 valence electrons. The van der Waals surface area contributed by atoms with E-state index in [9.17, 15) is 4.79 Å². The molecule has 0 radical (unpaired) electrons. The van der Waals surface area contributed by atoms with Crippen molar-refractivity contribution < 1.29 is 4.79 Å². The van der Waals surface area contributed by atoms with Crippen LogP contribution >= 0.6 is 0 Å². The van der Waals surface area contributed by atoms with Crippen LogP contribution in [0.5, 0.6) is 0 Å². The van der Waals surface area contributed by atoms with Crippen LogP contribution in [0.1, 0.15) is 17.7 Å². The van der Waals surface area contributed by atoms with Gasteiger partial charge in [-0.1, -0.05) is 18.2 Å². The van der Waals surface area contributed by atoms with Crippen molar-refractivity contribution in [1.29, 1.82) is 0 Å². The summed E-state index contributed by atoms with van der Waals surface area (Å²) >= 11 is 0. The normalized spacial score (nSPS) is 10.6. The van der Waals surface area contributed by atoms with Crippen LogP contribution in [0.15, 0.2) is 30.3 Å². The Bertz CT molecular complexity index is 534. The zero-order valence-corrected chi connectivity index (χ0v) is 9.23. The van der Waals surface area contributed by atoms with Crippen LogP contribution < -0.4 is 5.73 Å². The Hall–Kier alpha value is -1.90. The summed E-state index contributed by atoms with van der Waals surface area (Å²) in [6.07, 6.45) is 1.06. The second-order valence-electron chi connectivity index (χ2n) is 3.91. The minimum absolute atomic E-state index is 0.265. The number of benzene rings is 1. The van der Waals surface area contributed by atoms with E-state index in [1.807, 2.05) is 37.3 Å². The van der Waals surface area contributed by atoms with E-state index in [1.54, 1.807) is 0 Å². The third-order valence-corrected chi connectivity index (χ3v) is 2.57. The Morgan fingerprint density at radius 2 is 2.12 bits per heavy atom. The maximum Gasteiger partial charge on any atom is 0.217 e. The molecule has 2 aromatic rings. The predicted octanol–water partition coefficient (Wildman–Crippen LogP) is 1.96. The zero-order valence-electron chi connectivity index (χ0n) is 9.23. The number of hydrogen-bond acceptors (Lipinski definition) is 2. The van der Waals surface area contributed by atoms with E-state index in [-0.39, 0.29) is 5.91 Å². The molecule has 0 atom stereocenters. The molecule has 1 aromatic carbocycles. The van der Waals surface area contributed by atoms with Gasteiger partial charge in [0.15, 0.2) is 0 Å². The quantitative estimate of drug-likeness (QED) is 0.849. The van der Waals surface area contributed by atoms with Crippen LogP contribution in [-0.2, 0) is 11.2 Å². The van der Waals surface area contributed by atoms with Crippen molar-refractivity contribution in [3.05, 3.63) is 41.6 Å². The highest BCUT2D eigenvalue weighted by atomic mass is 16.1. The highest BCUT2D eigenvalue weighted by molar-refractivity contribution is 5.83. The molecule has 0 saturated carbocycles. The van der Waals surface area contributed by atoms with E-state index in [4.69, 9.17) is 5.73 Å². The standard InChI is InChI=1S/C13H14N2O/c1-9-8-10(6-7-13(14)16)11-4-2-3-5-12(11)15-9/h2-5,8H,6-7H2,1H3,(H2,14,16). The van der Waals surface area contributed by atoms with E-state index in [0.717, 1.165) is 22.2 Å². The van der Waals surface area contributed by atoms with Crippen LogP contribution in [0.3, 0.4) is 0 Å². The maximum atomic E-state index is 10.8. The van der Waals surface area contributed by atoms with Crippen molar-refractivity contribution in [2.75, 3.05) is 0 Å². The first-order valence-corrected chi connectivity index (χ1v) is 5.30. The molecular formula is C13H14N2O. The number of para-hydroxylation sites is 1. The molecule has 3 nitrogen and oxygen atoms in total. The van der Waals surface area contributed by atoms with E-state index >= 15 is 0 Å². The third kappa shape index (κ3) is 2.19. The molecule has 0 unspecified atom stereocenters. The Morgan fingerprint density at radius 3 is 2.88 bits per heavy atom. The molecule has 2 rings (SSSR count). The van der Waals surface area contributed by atoms with Crippen LogP contribution in [-0.4, -0.2) is 10.9 Å². The molecule has 3 heteroatoms. The molecule has 1 heterocycles. The van der Waals surface area contributed by atoms with Gasteiger partial charge in [0, 0.05) is 17.5 Å². The van der Waals surface area contributed by atoms with Crippen molar-refractivity contribution in [1.82, 2.24) is 4.98 Å². The van der Waals surface area contributed by atoms with Crippen molar-refractivity contribution in [3.8, 4) is 0 Å². The summed E-state index contributed by atoms with van der Waals surface area (Å²) in [6, 6.07) is 9.97. The fraction of sp³-hybridized carbons (Fsp3) is 0.231. The lowest BCUT2D eigenvalue weighted by Gasteiger charge is -2.06. The van der Waals surface area contributed by atoms with E-state index in [2.05, 4.69) is 4.98 Å². The lowest BCUT2D eigenvalue weighted by atomic mass is 10.0. The number of pyridine rings is 1. The SMILES string of the molecule is Cc1cc(CCC(N)=O)c2ccccc2n1. The highest BCUT2D eigenvalue weighted by Crippen LogP contribution is 2.19. The summed E-state index contributed by atoms with van der Waals surface area (Å²) in [6.45, 7) is 1.96. The summed E-state index contributed by atoms with van der Waals surface area (Å²) in [4.78, 5) is 15.2. The Balaban J connectivity index is 2.46. The number of primary amides is 1. The first-order valence-electron chi connectivity index (χ1n) is 5.30. The smallest absolute Gasteiger partial charge is 0.217 e. The molecular weight excluding hydrogens is 200 g/mol. The van der Waals surface area contributed by atoms with Crippen LogP contribution in [0.2, 0.25) is 0 Å². The first-order chi connectivity index (χ1) is 7.66. The summed E-state index contributed by atoms with van der Waals surface area (Å²) in [5, 5.41) is 1.11. The number of hydrogen-bond donors (Lipinski definition) is 1. The number of amides is 1. The molecule has 1 amide bonds. The zero-order chi connectivity index (χ0) is 11.5. The molecule has 0 aliphatic carbocycles. The lowest BCUT2D eigenvalue weighted by Crippen LogP contribution is -2.11. The summed E-state index contributed by atoms with van der Waals surface area (Å²) in [7, 11) is 0. The number of nitrogens with two attached hydrogens (primary N) is 1. The van der Waals surface area contributed by atoms with Crippen molar-refractivity contribution in [2.45, 2.75) is 19.8 Å². The lowest BCUT2D eigenvalue weighted by molar-refractivity contribution is -0.117. The maximum absolute atomic E-state index is 10.8. The third-order valence-electron chi connectivity index (χ3n) is 2.57. The fourth-order valence-electron chi connectivity index (χ4n) is 1.86. The van der Waals surface area contributed by atoms with Gasteiger partial charge in [0.25, 0.3) is 0 Å². The molecule has 0 aliphatic heterocycles. The van der Waals surface area contributed by atoms with Crippen molar-refractivity contribution in [2.24, 2.45) is 5.73 Å². The van der Waals surface area contributed by atoms with Gasteiger partial charge >= 0.3 is 0 Å². The average Bonchev–Trinajstić information content (AvgIpc) is 2.25. The molecule has 0 fully saturated rings. The van der Waals surface area contributed by atoms with Crippen LogP contribution in [0.25, 0.3) is 10.9 Å². The Labute approximate surface area is 94.3 Å². The number of fused-ring (bicyclic) bond motifs is 1. The summed E-state index contributed by atoms with van der Waals surface area (Å²) in [5.74, 6) is -0.265. The molecule has 0 spiro atoms. The van der Waals surface area contributed by atoms with Gasteiger partial charge in [-0.15, -0.1) is 0 Å². The number of nitrogens with zero attached hydrogens (tertiary/aromatic N) is 1. The van der Waals surface area contributed by atoms with Gasteiger partial charge in [-0.2, -0.15) is 0 Å². The number of aromatic nitrogens is 1. The topological polar surface area (TPSA) is 56.0 Å². The summed E-state index contributed by atoms with van der Waals surface area (Å²) < 4.78 is 0. The average molecular weight is 214 g/mol.